The van der Waals surface area contributed by atoms with Crippen LogP contribution in [0.15, 0.2) is 30.6 Å². The third-order valence-corrected chi connectivity index (χ3v) is 4.64. The van der Waals surface area contributed by atoms with E-state index in [0.29, 0.717) is 11.5 Å². The summed E-state index contributed by atoms with van der Waals surface area (Å²) in [5.74, 6) is 0.319. The zero-order valence-electron chi connectivity index (χ0n) is 13.7. The van der Waals surface area contributed by atoms with Gasteiger partial charge in [-0.25, -0.2) is 14.5 Å². The van der Waals surface area contributed by atoms with Gasteiger partial charge >= 0.3 is 6.18 Å². The summed E-state index contributed by atoms with van der Waals surface area (Å²) in [6.07, 6.45) is -3.11. The van der Waals surface area contributed by atoms with Crippen molar-refractivity contribution in [1.82, 2.24) is 29.4 Å². The zero-order chi connectivity index (χ0) is 18.6. The molecule has 4 aromatic rings. The molecule has 4 rings (SSSR count). The summed E-state index contributed by atoms with van der Waals surface area (Å²) in [5, 5.41) is 8.37. The van der Waals surface area contributed by atoms with Gasteiger partial charge in [-0.2, -0.15) is 18.3 Å². The Morgan fingerprint density at radius 1 is 1.15 bits per heavy atom. The third kappa shape index (κ3) is 2.50. The second-order valence-electron chi connectivity index (χ2n) is 5.87. The molecule has 6 nitrogen and oxygen atoms in total. The van der Waals surface area contributed by atoms with Gasteiger partial charge in [0.15, 0.2) is 17.2 Å². The van der Waals surface area contributed by atoms with Crippen molar-refractivity contribution < 1.29 is 13.2 Å². The topological polar surface area (TPSA) is 60.9 Å². The lowest BCUT2D eigenvalue weighted by atomic mass is 10.2. The Morgan fingerprint density at radius 2 is 1.88 bits per heavy atom. The van der Waals surface area contributed by atoms with E-state index in [1.165, 1.54) is 22.4 Å². The molecule has 10 heteroatoms. The van der Waals surface area contributed by atoms with Crippen molar-refractivity contribution in [1.29, 1.82) is 0 Å². The van der Waals surface area contributed by atoms with Crippen LogP contribution in [0.4, 0.5) is 13.2 Å². The van der Waals surface area contributed by atoms with Gasteiger partial charge in [0.05, 0.1) is 16.2 Å². The predicted molar refractivity (Wildman–Crippen MR) is 89.1 cm³/mol. The van der Waals surface area contributed by atoms with E-state index >= 15 is 0 Å². The first-order valence-corrected chi connectivity index (χ1v) is 8.07. The van der Waals surface area contributed by atoms with Crippen LogP contribution in [0.5, 0.6) is 0 Å². The number of alkyl halides is 3. The number of benzene rings is 1. The number of para-hydroxylation sites is 1. The minimum Gasteiger partial charge on any atom is -0.257 e. The highest BCUT2D eigenvalue weighted by Gasteiger charge is 2.39. The van der Waals surface area contributed by atoms with Crippen LogP contribution in [-0.2, 0) is 6.18 Å². The molecule has 1 aromatic carbocycles. The third-order valence-electron chi connectivity index (χ3n) is 4.18. The molecule has 0 saturated carbocycles. The normalized spacial score (nSPS) is 13.6. The minimum atomic E-state index is -4.63. The second kappa shape index (κ2) is 5.66. The molecule has 0 aliphatic carbocycles. The maximum atomic E-state index is 13.0. The molecule has 0 N–H and O–H groups in total. The van der Waals surface area contributed by atoms with E-state index in [9.17, 15) is 13.2 Å². The van der Waals surface area contributed by atoms with Crippen LogP contribution in [0.25, 0.3) is 16.6 Å². The van der Waals surface area contributed by atoms with E-state index in [4.69, 9.17) is 11.6 Å². The Kier molecular flexibility index (Phi) is 3.65. The van der Waals surface area contributed by atoms with Gasteiger partial charge in [0.2, 0.25) is 0 Å². The lowest BCUT2D eigenvalue weighted by Crippen LogP contribution is -2.14. The number of fused-ring (bicyclic) bond motifs is 3. The van der Waals surface area contributed by atoms with Gasteiger partial charge in [-0.15, -0.1) is 5.10 Å². The van der Waals surface area contributed by atoms with Crippen LogP contribution in [0.2, 0.25) is 5.02 Å². The average molecular weight is 381 g/mol. The van der Waals surface area contributed by atoms with Gasteiger partial charge in [0, 0.05) is 5.39 Å². The van der Waals surface area contributed by atoms with Crippen LogP contribution >= 0.6 is 11.6 Å². The largest absolute Gasteiger partial charge is 0.436 e. The molecule has 0 radical (unpaired) electrons. The molecule has 0 unspecified atom stereocenters. The fraction of sp³-hybridized carbons (Fsp3) is 0.250. The molecule has 0 aliphatic heterocycles. The van der Waals surface area contributed by atoms with Crippen molar-refractivity contribution in [3.63, 3.8) is 0 Å². The van der Waals surface area contributed by atoms with Crippen molar-refractivity contribution in [3.05, 3.63) is 52.8 Å². The number of halogens is 4. The van der Waals surface area contributed by atoms with Crippen molar-refractivity contribution in [2.45, 2.75) is 26.1 Å². The van der Waals surface area contributed by atoms with E-state index in [1.54, 1.807) is 6.92 Å². The molecule has 0 bridgehead atoms. The molecule has 0 amide bonds. The number of aromatic nitrogens is 6. The predicted octanol–water partition coefficient (Wildman–Crippen LogP) is 4.06. The van der Waals surface area contributed by atoms with E-state index in [2.05, 4.69) is 20.2 Å². The van der Waals surface area contributed by atoms with Crippen molar-refractivity contribution in [3.8, 4) is 0 Å². The van der Waals surface area contributed by atoms with Gasteiger partial charge in [0.1, 0.15) is 12.4 Å². The average Bonchev–Trinajstić information content (AvgIpc) is 3.16. The molecule has 0 fully saturated rings. The van der Waals surface area contributed by atoms with Crippen LogP contribution in [0.1, 0.15) is 30.2 Å². The highest BCUT2D eigenvalue weighted by atomic mass is 35.5. The monoisotopic (exact) mass is 380 g/mol. The SMILES string of the molecule is Cc1c(Cl)c(C(F)(F)F)nn1[C@H](C)c1nc2c3ccccc3ncn2n1. The summed E-state index contributed by atoms with van der Waals surface area (Å²) in [6.45, 7) is 3.15. The first-order valence-electron chi connectivity index (χ1n) is 7.69. The fourth-order valence-electron chi connectivity index (χ4n) is 2.84. The van der Waals surface area contributed by atoms with Crippen molar-refractivity contribution in [2.24, 2.45) is 0 Å². The Hall–Kier alpha value is -2.68. The molecule has 26 heavy (non-hydrogen) atoms. The minimum absolute atomic E-state index is 0.202. The molecular weight excluding hydrogens is 369 g/mol. The summed E-state index contributed by atoms with van der Waals surface area (Å²) >= 11 is 5.83. The van der Waals surface area contributed by atoms with E-state index in [1.807, 2.05) is 24.3 Å². The van der Waals surface area contributed by atoms with E-state index < -0.39 is 22.9 Å². The van der Waals surface area contributed by atoms with Crippen molar-refractivity contribution in [2.75, 3.05) is 0 Å². The highest BCUT2D eigenvalue weighted by Crippen LogP contribution is 2.36. The summed E-state index contributed by atoms with van der Waals surface area (Å²) in [7, 11) is 0. The molecule has 0 aliphatic rings. The van der Waals surface area contributed by atoms with E-state index in [-0.39, 0.29) is 5.69 Å². The first kappa shape index (κ1) is 16.8. The Bertz CT molecular complexity index is 1130. The van der Waals surface area contributed by atoms with Crippen molar-refractivity contribution >= 4 is 28.2 Å². The first-order chi connectivity index (χ1) is 12.3. The molecular formula is C16H12ClF3N6. The molecule has 3 heterocycles. The molecule has 1 atom stereocenters. The lowest BCUT2D eigenvalue weighted by molar-refractivity contribution is -0.141. The van der Waals surface area contributed by atoms with E-state index in [0.717, 1.165) is 10.9 Å². The molecule has 0 saturated heterocycles. The summed E-state index contributed by atoms with van der Waals surface area (Å²) in [4.78, 5) is 8.78. The van der Waals surface area contributed by atoms with Crippen LogP contribution in [-0.4, -0.2) is 29.4 Å². The molecule has 0 spiro atoms. The summed E-state index contributed by atoms with van der Waals surface area (Å²) < 4.78 is 41.8. The summed E-state index contributed by atoms with van der Waals surface area (Å²) in [6, 6.07) is 6.79. The van der Waals surface area contributed by atoms with Gasteiger partial charge in [-0.3, -0.25) is 4.68 Å². The summed E-state index contributed by atoms with van der Waals surface area (Å²) in [5.41, 5.74) is 0.418. The van der Waals surface area contributed by atoms with Crippen LogP contribution in [0.3, 0.4) is 0 Å². The van der Waals surface area contributed by atoms with Gasteiger partial charge < -0.3 is 0 Å². The standard InChI is InChI=1S/C16H12ClF3N6/c1-8-12(17)13(16(18,19)20)23-26(8)9(2)14-22-15-10-5-3-4-6-11(10)21-7-25(15)24-14/h3-7,9H,1-2H3/t9-/m1/s1. The Balaban J connectivity index is 1.84. The number of nitrogens with zero attached hydrogens (tertiary/aromatic N) is 6. The lowest BCUT2D eigenvalue weighted by Gasteiger charge is -2.10. The molecule has 134 valence electrons. The van der Waals surface area contributed by atoms with Crippen LogP contribution in [0, 0.1) is 6.92 Å². The maximum Gasteiger partial charge on any atom is 0.436 e. The zero-order valence-corrected chi connectivity index (χ0v) is 14.4. The second-order valence-corrected chi connectivity index (χ2v) is 6.24. The Labute approximate surface area is 150 Å². The number of hydrogen-bond donors (Lipinski definition) is 0. The smallest absolute Gasteiger partial charge is 0.257 e. The number of rotatable bonds is 2. The fourth-order valence-corrected chi connectivity index (χ4v) is 3.07. The van der Waals surface area contributed by atoms with Crippen LogP contribution < -0.4 is 0 Å². The highest BCUT2D eigenvalue weighted by molar-refractivity contribution is 6.31. The number of hydrogen-bond acceptors (Lipinski definition) is 4. The van der Waals surface area contributed by atoms with Gasteiger partial charge in [-0.1, -0.05) is 23.7 Å². The molecule has 3 aromatic heterocycles. The van der Waals surface area contributed by atoms with Gasteiger partial charge in [0.25, 0.3) is 0 Å². The Morgan fingerprint density at radius 3 is 2.58 bits per heavy atom. The quantitative estimate of drug-likeness (QED) is 0.526. The maximum absolute atomic E-state index is 13.0. The van der Waals surface area contributed by atoms with Gasteiger partial charge in [-0.05, 0) is 26.0 Å².